The van der Waals surface area contributed by atoms with Crippen molar-refractivity contribution in [3.63, 3.8) is 0 Å². The number of benzene rings is 1. The first kappa shape index (κ1) is 23.7. The number of carboxylic acids is 1. The summed E-state index contributed by atoms with van der Waals surface area (Å²) in [5.41, 5.74) is 11.7. The van der Waals surface area contributed by atoms with Crippen LogP contribution in [0.4, 0.5) is 5.69 Å². The summed E-state index contributed by atoms with van der Waals surface area (Å²) in [7, 11) is 0. The number of carbonyl (C=O) groups excluding carboxylic acids is 1. The van der Waals surface area contributed by atoms with Gasteiger partial charge in [-0.05, 0) is 67.8 Å². The number of aromatic carboxylic acids is 1. The molecule has 1 aromatic heterocycles. The van der Waals surface area contributed by atoms with Gasteiger partial charge in [0.25, 0.3) is 0 Å². The second-order valence-corrected chi connectivity index (χ2v) is 10.6. The number of nitrogens with zero attached hydrogens (tertiary/aromatic N) is 1. The van der Waals surface area contributed by atoms with E-state index in [1.54, 1.807) is 12.1 Å². The van der Waals surface area contributed by atoms with Crippen LogP contribution < -0.4 is 5.73 Å². The summed E-state index contributed by atoms with van der Waals surface area (Å²) in [4.78, 5) is 27.7. The van der Waals surface area contributed by atoms with Gasteiger partial charge in [-0.25, -0.2) is 4.79 Å². The van der Waals surface area contributed by atoms with Crippen LogP contribution >= 0.6 is 11.3 Å². The first-order valence-corrected chi connectivity index (χ1v) is 12.8. The second kappa shape index (κ2) is 9.82. The van der Waals surface area contributed by atoms with Crippen LogP contribution in [0.3, 0.4) is 0 Å². The van der Waals surface area contributed by atoms with Gasteiger partial charge in [0.15, 0.2) is 5.78 Å². The number of carbonyl (C=O) groups is 2. The molecule has 0 unspecified atom stereocenters. The lowest BCUT2D eigenvalue weighted by molar-refractivity contribution is 0.0701. The number of thiophene rings is 1. The van der Waals surface area contributed by atoms with Crippen molar-refractivity contribution in [3.05, 3.63) is 45.8 Å². The summed E-state index contributed by atoms with van der Waals surface area (Å²) in [6, 6.07) is 7.31. The molecule has 1 aliphatic heterocycles. The van der Waals surface area contributed by atoms with Crippen LogP contribution in [-0.2, 0) is 0 Å². The monoisotopic (exact) mass is 466 g/mol. The van der Waals surface area contributed by atoms with E-state index in [1.807, 2.05) is 12.1 Å². The number of ketones is 1. The summed E-state index contributed by atoms with van der Waals surface area (Å²) in [5.74, 6) is 0.391. The molecule has 0 bridgehead atoms. The smallest absolute Gasteiger partial charge is 0.346 e. The molecule has 0 saturated heterocycles. The third kappa shape index (κ3) is 4.92. The minimum atomic E-state index is -0.887. The molecule has 2 aromatic rings. The molecule has 5 nitrogen and oxygen atoms in total. The third-order valence-corrected chi connectivity index (χ3v) is 8.55. The minimum Gasteiger partial charge on any atom is -0.477 e. The van der Waals surface area contributed by atoms with Crippen LogP contribution in [-0.4, -0.2) is 41.4 Å². The van der Waals surface area contributed by atoms with Crippen molar-refractivity contribution >= 4 is 34.3 Å². The highest BCUT2D eigenvalue weighted by Gasteiger charge is 2.31. The van der Waals surface area contributed by atoms with Crippen molar-refractivity contribution in [2.24, 2.45) is 11.8 Å². The number of nitrogens with two attached hydrogens (primary N) is 1. The maximum atomic E-state index is 12.3. The van der Waals surface area contributed by atoms with Crippen LogP contribution in [0.1, 0.15) is 78.5 Å². The maximum absolute atomic E-state index is 12.3. The Balaban J connectivity index is 1.80. The first-order chi connectivity index (χ1) is 15.8. The number of rotatable bonds is 6. The van der Waals surface area contributed by atoms with Gasteiger partial charge in [0.2, 0.25) is 0 Å². The average Bonchev–Trinajstić information content (AvgIpc) is 3.24. The highest BCUT2D eigenvalue weighted by atomic mass is 32.1. The Bertz CT molecular complexity index is 1090. The number of carboxylic acid groups (broad SMARTS) is 1. The molecule has 1 fully saturated rings. The number of likely N-dealkylation sites (N-methyl/N-ethyl adjacent to an activating group) is 1. The molecule has 1 aliphatic carbocycles. The number of hydrogen-bond acceptors (Lipinski definition) is 5. The fourth-order valence-electron chi connectivity index (χ4n) is 5.32. The zero-order valence-electron chi connectivity index (χ0n) is 19.8. The quantitative estimate of drug-likeness (QED) is 0.391. The van der Waals surface area contributed by atoms with E-state index in [0.29, 0.717) is 22.0 Å². The Morgan fingerprint density at radius 1 is 1.15 bits per heavy atom. The Labute approximate surface area is 200 Å². The van der Waals surface area contributed by atoms with Gasteiger partial charge in [-0.1, -0.05) is 38.8 Å². The molecule has 0 atom stereocenters. The van der Waals surface area contributed by atoms with Crippen LogP contribution in [0.25, 0.3) is 16.0 Å². The molecule has 1 saturated carbocycles. The summed E-state index contributed by atoms with van der Waals surface area (Å²) < 4.78 is 0. The Hall–Kier alpha value is -2.44. The van der Waals surface area contributed by atoms with Crippen molar-refractivity contribution in [1.82, 2.24) is 4.90 Å². The van der Waals surface area contributed by atoms with E-state index >= 15 is 0 Å². The lowest BCUT2D eigenvalue weighted by Gasteiger charge is -2.36. The average molecular weight is 467 g/mol. The molecule has 1 aromatic carbocycles. The Morgan fingerprint density at radius 3 is 2.48 bits per heavy atom. The van der Waals surface area contributed by atoms with E-state index in [1.165, 1.54) is 55.1 Å². The van der Waals surface area contributed by atoms with Gasteiger partial charge in [0.1, 0.15) is 4.88 Å². The normalized spacial score (nSPS) is 21.9. The molecule has 4 rings (SSSR count). The van der Waals surface area contributed by atoms with E-state index in [0.717, 1.165) is 48.0 Å². The molecular weight excluding hydrogens is 432 g/mol. The second-order valence-electron chi connectivity index (χ2n) is 9.60. The summed E-state index contributed by atoms with van der Waals surface area (Å²) in [6.07, 6.45) is 5.75. The largest absolute Gasteiger partial charge is 0.477 e. The Kier molecular flexibility index (Phi) is 7.05. The molecule has 2 aliphatic rings. The third-order valence-electron chi connectivity index (χ3n) is 7.39. The van der Waals surface area contributed by atoms with Crippen molar-refractivity contribution < 1.29 is 14.7 Å². The predicted molar refractivity (Wildman–Crippen MR) is 136 cm³/mol. The van der Waals surface area contributed by atoms with Crippen molar-refractivity contribution in [2.75, 3.05) is 25.4 Å². The highest BCUT2D eigenvalue weighted by Crippen LogP contribution is 2.44. The zero-order chi connectivity index (χ0) is 23.7. The van der Waals surface area contributed by atoms with Gasteiger partial charge in [0.05, 0.1) is 0 Å². The van der Waals surface area contributed by atoms with E-state index in [9.17, 15) is 14.7 Å². The zero-order valence-corrected chi connectivity index (χ0v) is 20.6. The van der Waals surface area contributed by atoms with E-state index < -0.39 is 5.97 Å². The minimum absolute atomic E-state index is 0.0365. The van der Waals surface area contributed by atoms with Gasteiger partial charge in [-0.3, -0.25) is 9.69 Å². The highest BCUT2D eigenvalue weighted by molar-refractivity contribution is 7.17. The molecular formula is C27H34N2O3S. The van der Waals surface area contributed by atoms with Gasteiger partial charge in [-0.2, -0.15) is 0 Å². The van der Waals surface area contributed by atoms with Gasteiger partial charge < -0.3 is 10.8 Å². The lowest BCUT2D eigenvalue weighted by Crippen LogP contribution is -2.34. The van der Waals surface area contributed by atoms with E-state index in [4.69, 9.17) is 5.73 Å². The van der Waals surface area contributed by atoms with Crippen LogP contribution in [0.2, 0.25) is 0 Å². The molecule has 0 amide bonds. The van der Waals surface area contributed by atoms with Crippen molar-refractivity contribution in [3.8, 4) is 10.4 Å². The molecule has 176 valence electrons. The van der Waals surface area contributed by atoms with Gasteiger partial charge in [0, 0.05) is 40.3 Å². The van der Waals surface area contributed by atoms with Crippen LogP contribution in [0, 0.1) is 11.8 Å². The summed E-state index contributed by atoms with van der Waals surface area (Å²) in [6.45, 7) is 8.95. The van der Waals surface area contributed by atoms with Gasteiger partial charge >= 0.3 is 5.97 Å². The van der Waals surface area contributed by atoms with Crippen molar-refractivity contribution in [2.45, 2.75) is 52.9 Å². The standard InChI is InChI=1S/C27H34N2O3S/c1-4-29-12-11-20(23(15-29)18-7-5-16(2)6-8-18)22-14-25(33-26(22)27(31)32)21-10-9-19(17(3)30)13-24(21)28/h9-10,13-14,16,18H,4-8,11-12,15,28H2,1-3H3,(H,31,32). The molecule has 33 heavy (non-hydrogen) atoms. The van der Waals surface area contributed by atoms with Crippen LogP contribution in [0.5, 0.6) is 0 Å². The summed E-state index contributed by atoms with van der Waals surface area (Å²) >= 11 is 1.29. The SMILES string of the molecule is CCN1CCC(c2cc(-c3ccc(C(C)=O)cc3N)sc2C(=O)O)=C(C2CCC(C)CC2)C1. The van der Waals surface area contributed by atoms with E-state index in [-0.39, 0.29) is 5.78 Å². The van der Waals surface area contributed by atoms with E-state index in [2.05, 4.69) is 18.7 Å². The lowest BCUT2D eigenvalue weighted by atomic mass is 9.75. The fraction of sp³-hybridized carbons (Fsp3) is 0.481. The fourth-order valence-corrected chi connectivity index (χ4v) is 6.39. The molecule has 0 spiro atoms. The number of hydrogen-bond donors (Lipinski definition) is 2. The Morgan fingerprint density at radius 2 is 1.88 bits per heavy atom. The topological polar surface area (TPSA) is 83.6 Å². The summed E-state index contributed by atoms with van der Waals surface area (Å²) in [5, 5.41) is 10.1. The number of nitrogen functional groups attached to an aromatic ring is 1. The maximum Gasteiger partial charge on any atom is 0.346 e. The van der Waals surface area contributed by atoms with Gasteiger partial charge in [-0.15, -0.1) is 11.3 Å². The molecule has 3 N–H and O–H groups in total. The predicted octanol–water partition coefficient (Wildman–Crippen LogP) is 6.20. The number of Topliss-reactive ketones (excluding diaryl/α,β-unsaturated/α-hetero) is 1. The first-order valence-electron chi connectivity index (χ1n) is 12.0. The molecule has 2 heterocycles. The molecule has 0 radical (unpaired) electrons. The number of anilines is 1. The molecule has 6 heteroatoms. The van der Waals surface area contributed by atoms with Crippen molar-refractivity contribution in [1.29, 1.82) is 0 Å². The van der Waals surface area contributed by atoms with Crippen LogP contribution in [0.15, 0.2) is 29.8 Å².